The number of anilines is 1. The summed E-state index contributed by atoms with van der Waals surface area (Å²) in [6, 6.07) is 11.5. The lowest BCUT2D eigenvalue weighted by Crippen LogP contribution is -2.46. The standard InChI is InChI=1S/C20H22N6O2/c1-14-4-6-15(7-5-14)19-23-17(28-24-19)13-25-9-11-26(12-10-25)20-16(18(21)27)3-2-8-22-20/h2-8H,9-13H2,1H3,(H2,21,27). The molecule has 0 saturated carbocycles. The summed E-state index contributed by atoms with van der Waals surface area (Å²) in [7, 11) is 0. The highest BCUT2D eigenvalue weighted by Crippen LogP contribution is 2.20. The van der Waals surface area contributed by atoms with Crippen LogP contribution in [-0.4, -0.2) is 52.1 Å². The van der Waals surface area contributed by atoms with E-state index in [-0.39, 0.29) is 0 Å². The molecular weight excluding hydrogens is 356 g/mol. The van der Waals surface area contributed by atoms with Crippen LogP contribution in [0.5, 0.6) is 0 Å². The average molecular weight is 378 g/mol. The van der Waals surface area contributed by atoms with E-state index in [2.05, 4.69) is 24.9 Å². The maximum absolute atomic E-state index is 11.6. The van der Waals surface area contributed by atoms with Gasteiger partial charge >= 0.3 is 0 Å². The molecule has 1 fully saturated rings. The molecule has 3 heterocycles. The predicted molar refractivity (Wildman–Crippen MR) is 105 cm³/mol. The third-order valence-corrected chi connectivity index (χ3v) is 4.86. The Kier molecular flexibility index (Phi) is 5.03. The minimum atomic E-state index is -0.458. The van der Waals surface area contributed by atoms with Gasteiger partial charge in [0.25, 0.3) is 5.91 Å². The SMILES string of the molecule is Cc1ccc(-c2noc(CN3CCN(c4ncccc4C(N)=O)CC3)n2)cc1. The maximum Gasteiger partial charge on any atom is 0.252 e. The summed E-state index contributed by atoms with van der Waals surface area (Å²) in [6.45, 7) is 5.74. The molecule has 0 radical (unpaired) electrons. The van der Waals surface area contributed by atoms with Crippen molar-refractivity contribution in [3.8, 4) is 11.4 Å². The maximum atomic E-state index is 11.6. The molecule has 28 heavy (non-hydrogen) atoms. The summed E-state index contributed by atoms with van der Waals surface area (Å²) in [5.41, 5.74) is 8.06. The zero-order valence-electron chi connectivity index (χ0n) is 15.7. The molecule has 1 aromatic carbocycles. The lowest BCUT2D eigenvalue weighted by atomic mass is 10.1. The van der Waals surface area contributed by atoms with Crippen LogP contribution in [0.25, 0.3) is 11.4 Å². The Labute approximate surface area is 163 Å². The molecule has 1 aliphatic heterocycles. The molecule has 1 aliphatic rings. The van der Waals surface area contributed by atoms with Gasteiger partial charge in [-0.05, 0) is 19.1 Å². The number of rotatable bonds is 5. The summed E-state index contributed by atoms with van der Waals surface area (Å²) in [5.74, 6) is 1.39. The van der Waals surface area contributed by atoms with Crippen LogP contribution < -0.4 is 10.6 Å². The molecule has 2 N–H and O–H groups in total. The van der Waals surface area contributed by atoms with Crippen LogP contribution in [0.3, 0.4) is 0 Å². The molecule has 144 valence electrons. The van der Waals surface area contributed by atoms with Crippen molar-refractivity contribution in [3.05, 3.63) is 59.6 Å². The molecule has 0 unspecified atom stereocenters. The number of benzene rings is 1. The number of piperazine rings is 1. The van der Waals surface area contributed by atoms with Gasteiger partial charge in [-0.3, -0.25) is 9.69 Å². The van der Waals surface area contributed by atoms with Crippen molar-refractivity contribution in [3.63, 3.8) is 0 Å². The number of carbonyl (C=O) groups excluding carboxylic acids is 1. The Hall–Kier alpha value is -3.26. The average Bonchev–Trinajstić information content (AvgIpc) is 3.17. The van der Waals surface area contributed by atoms with Crippen LogP contribution in [-0.2, 0) is 6.54 Å². The van der Waals surface area contributed by atoms with Crippen molar-refractivity contribution in [2.75, 3.05) is 31.1 Å². The quantitative estimate of drug-likeness (QED) is 0.723. The number of hydrogen-bond donors (Lipinski definition) is 1. The molecule has 1 amide bonds. The molecule has 0 aliphatic carbocycles. The molecule has 0 bridgehead atoms. The molecule has 1 saturated heterocycles. The van der Waals surface area contributed by atoms with Gasteiger partial charge in [0.2, 0.25) is 11.7 Å². The first-order valence-corrected chi connectivity index (χ1v) is 9.22. The number of amides is 1. The van der Waals surface area contributed by atoms with Crippen LogP contribution in [0.15, 0.2) is 47.1 Å². The number of nitrogens with two attached hydrogens (primary N) is 1. The highest BCUT2D eigenvalue weighted by molar-refractivity contribution is 5.97. The van der Waals surface area contributed by atoms with Crippen molar-refractivity contribution in [2.24, 2.45) is 5.73 Å². The fourth-order valence-corrected chi connectivity index (χ4v) is 3.29. The highest BCUT2D eigenvalue weighted by Gasteiger charge is 2.23. The fourth-order valence-electron chi connectivity index (χ4n) is 3.29. The van der Waals surface area contributed by atoms with E-state index in [0.29, 0.717) is 29.6 Å². The van der Waals surface area contributed by atoms with Crippen molar-refractivity contribution in [1.29, 1.82) is 0 Å². The first-order chi connectivity index (χ1) is 13.6. The molecule has 2 aromatic heterocycles. The first kappa shape index (κ1) is 18.1. The second-order valence-corrected chi connectivity index (χ2v) is 6.88. The van der Waals surface area contributed by atoms with E-state index in [1.54, 1.807) is 18.3 Å². The number of carbonyl (C=O) groups is 1. The zero-order chi connectivity index (χ0) is 19.5. The van der Waals surface area contributed by atoms with Crippen LogP contribution >= 0.6 is 0 Å². The molecule has 0 spiro atoms. The Morgan fingerprint density at radius 1 is 1.14 bits per heavy atom. The fraction of sp³-hybridized carbons (Fsp3) is 0.300. The van der Waals surface area contributed by atoms with Gasteiger partial charge < -0.3 is 15.2 Å². The van der Waals surface area contributed by atoms with E-state index < -0.39 is 5.91 Å². The third kappa shape index (κ3) is 3.86. The molecule has 3 aromatic rings. The summed E-state index contributed by atoms with van der Waals surface area (Å²) in [5, 5.41) is 4.09. The topological polar surface area (TPSA) is 101 Å². The van der Waals surface area contributed by atoms with Gasteiger partial charge in [-0.15, -0.1) is 0 Å². The van der Waals surface area contributed by atoms with Gasteiger partial charge in [0, 0.05) is 37.9 Å². The molecule has 8 heteroatoms. The van der Waals surface area contributed by atoms with Crippen LogP contribution in [0.2, 0.25) is 0 Å². The van der Waals surface area contributed by atoms with E-state index in [1.165, 1.54) is 5.56 Å². The van der Waals surface area contributed by atoms with Gasteiger partial charge in [0.1, 0.15) is 5.82 Å². The number of aromatic nitrogens is 3. The molecular formula is C20H22N6O2. The zero-order valence-corrected chi connectivity index (χ0v) is 15.7. The predicted octanol–water partition coefficient (Wildman–Crippen LogP) is 1.86. The van der Waals surface area contributed by atoms with Crippen molar-refractivity contribution in [1.82, 2.24) is 20.0 Å². The second kappa shape index (κ2) is 7.77. The lowest BCUT2D eigenvalue weighted by Gasteiger charge is -2.35. The number of aryl methyl sites for hydroxylation is 1. The Morgan fingerprint density at radius 3 is 2.61 bits per heavy atom. The summed E-state index contributed by atoms with van der Waals surface area (Å²) in [4.78, 5) is 24.8. The van der Waals surface area contributed by atoms with E-state index >= 15 is 0 Å². The molecule has 8 nitrogen and oxygen atoms in total. The van der Waals surface area contributed by atoms with Crippen molar-refractivity contribution < 1.29 is 9.32 Å². The van der Waals surface area contributed by atoms with Crippen molar-refractivity contribution in [2.45, 2.75) is 13.5 Å². The van der Waals surface area contributed by atoms with Gasteiger partial charge in [-0.25, -0.2) is 4.98 Å². The minimum Gasteiger partial charge on any atom is -0.365 e. The molecule has 0 atom stereocenters. The monoisotopic (exact) mass is 378 g/mol. The van der Waals surface area contributed by atoms with E-state index in [1.807, 2.05) is 31.2 Å². The summed E-state index contributed by atoms with van der Waals surface area (Å²) in [6.07, 6.45) is 1.68. The van der Waals surface area contributed by atoms with Crippen LogP contribution in [0.4, 0.5) is 5.82 Å². The van der Waals surface area contributed by atoms with Gasteiger partial charge in [0.15, 0.2) is 0 Å². The summed E-state index contributed by atoms with van der Waals surface area (Å²) < 4.78 is 5.42. The number of nitrogens with zero attached hydrogens (tertiary/aromatic N) is 5. The molecule has 4 rings (SSSR count). The Morgan fingerprint density at radius 2 is 1.89 bits per heavy atom. The van der Waals surface area contributed by atoms with Crippen molar-refractivity contribution >= 4 is 11.7 Å². The second-order valence-electron chi connectivity index (χ2n) is 6.88. The number of hydrogen-bond acceptors (Lipinski definition) is 7. The largest absolute Gasteiger partial charge is 0.365 e. The normalized spacial score (nSPS) is 15.0. The van der Waals surface area contributed by atoms with E-state index in [9.17, 15) is 4.79 Å². The van der Waals surface area contributed by atoms with E-state index in [0.717, 1.165) is 31.7 Å². The Balaban J connectivity index is 1.38. The van der Waals surface area contributed by atoms with Crippen LogP contribution in [0, 0.1) is 6.92 Å². The Bertz CT molecular complexity index is 961. The first-order valence-electron chi connectivity index (χ1n) is 9.22. The number of pyridine rings is 1. The third-order valence-electron chi connectivity index (χ3n) is 4.86. The lowest BCUT2D eigenvalue weighted by molar-refractivity contribution is 0.1000. The minimum absolute atomic E-state index is 0.454. The smallest absolute Gasteiger partial charge is 0.252 e. The van der Waals surface area contributed by atoms with Crippen LogP contribution in [0.1, 0.15) is 21.8 Å². The number of primary amides is 1. The van der Waals surface area contributed by atoms with Gasteiger partial charge in [-0.2, -0.15) is 4.98 Å². The van der Waals surface area contributed by atoms with Gasteiger partial charge in [-0.1, -0.05) is 35.0 Å². The van der Waals surface area contributed by atoms with E-state index in [4.69, 9.17) is 10.3 Å². The van der Waals surface area contributed by atoms with Gasteiger partial charge in [0.05, 0.1) is 12.1 Å². The highest BCUT2D eigenvalue weighted by atomic mass is 16.5. The summed E-state index contributed by atoms with van der Waals surface area (Å²) >= 11 is 0.